The Morgan fingerprint density at radius 3 is 2.12 bits per heavy atom. The minimum atomic E-state index is -0.733. The molecule has 1 aromatic carbocycles. The van der Waals surface area contributed by atoms with Crippen LogP contribution in [0.1, 0.15) is 19.4 Å². The monoisotopic (exact) mass is 234 g/mol. The van der Waals surface area contributed by atoms with Gasteiger partial charge < -0.3 is 9.47 Å². The Morgan fingerprint density at radius 2 is 1.71 bits per heavy atom. The maximum absolute atomic E-state index is 11.7. The van der Waals surface area contributed by atoms with E-state index in [1.54, 1.807) is 21.0 Å². The summed E-state index contributed by atoms with van der Waals surface area (Å²) < 4.78 is 9.86. The van der Waals surface area contributed by atoms with Crippen LogP contribution in [0.5, 0.6) is 5.75 Å². The molecule has 0 unspecified atom stereocenters. The second-order valence-electron chi connectivity index (χ2n) is 4.32. The van der Waals surface area contributed by atoms with E-state index in [0.29, 0.717) is 0 Å². The molecular weight excluding hydrogens is 216 g/mol. The molecule has 0 saturated heterocycles. The molecule has 3 nitrogen and oxygen atoms in total. The molecule has 0 aliphatic heterocycles. The predicted octanol–water partition coefficient (Wildman–Crippen LogP) is 2.91. The van der Waals surface area contributed by atoms with Gasteiger partial charge in [-0.15, -0.1) is 0 Å². The van der Waals surface area contributed by atoms with Crippen molar-refractivity contribution in [3.8, 4) is 5.75 Å². The molecule has 3 heteroatoms. The lowest BCUT2D eigenvalue weighted by molar-refractivity contribution is -0.147. The van der Waals surface area contributed by atoms with E-state index in [1.165, 1.54) is 7.11 Å². The number of carbonyl (C=O) groups excluding carboxylic acids is 1. The van der Waals surface area contributed by atoms with Crippen LogP contribution in [0.2, 0.25) is 0 Å². The Bertz CT molecular complexity index is 416. The van der Waals surface area contributed by atoms with Crippen LogP contribution in [0, 0.1) is 5.41 Å². The maximum atomic E-state index is 11.7. The highest BCUT2D eigenvalue weighted by molar-refractivity contribution is 5.91. The zero-order valence-electron chi connectivity index (χ0n) is 10.7. The van der Waals surface area contributed by atoms with E-state index in [2.05, 4.69) is 6.58 Å². The SMILES string of the molecule is C=C(c1ccc(OC)cc1)C(C)(C)C(=O)OC. The number of carbonyl (C=O) groups is 1. The molecular formula is C14H18O3. The molecule has 0 aliphatic carbocycles. The van der Waals surface area contributed by atoms with Gasteiger partial charge in [-0.05, 0) is 37.1 Å². The summed E-state index contributed by atoms with van der Waals surface area (Å²) in [5.41, 5.74) is 0.900. The van der Waals surface area contributed by atoms with Crippen molar-refractivity contribution in [2.75, 3.05) is 14.2 Å². The van der Waals surface area contributed by atoms with E-state index in [9.17, 15) is 4.79 Å². The third-order valence-corrected chi connectivity index (χ3v) is 2.89. The molecule has 92 valence electrons. The second-order valence-corrected chi connectivity index (χ2v) is 4.32. The summed E-state index contributed by atoms with van der Waals surface area (Å²) >= 11 is 0. The van der Waals surface area contributed by atoms with Gasteiger partial charge >= 0.3 is 5.97 Å². The summed E-state index contributed by atoms with van der Waals surface area (Å²) in [6.45, 7) is 7.57. The predicted molar refractivity (Wildman–Crippen MR) is 67.8 cm³/mol. The van der Waals surface area contributed by atoms with E-state index in [-0.39, 0.29) is 5.97 Å². The number of hydrogen-bond donors (Lipinski definition) is 0. The Kier molecular flexibility index (Phi) is 3.94. The average molecular weight is 234 g/mol. The van der Waals surface area contributed by atoms with Gasteiger partial charge in [-0.1, -0.05) is 18.7 Å². The fourth-order valence-corrected chi connectivity index (χ4v) is 1.53. The zero-order valence-corrected chi connectivity index (χ0v) is 10.7. The number of esters is 1. The normalized spacial score (nSPS) is 10.8. The van der Waals surface area contributed by atoms with Crippen molar-refractivity contribution in [3.05, 3.63) is 36.4 Å². The molecule has 0 aromatic heterocycles. The highest BCUT2D eigenvalue weighted by atomic mass is 16.5. The van der Waals surface area contributed by atoms with E-state index >= 15 is 0 Å². The molecule has 1 rings (SSSR count). The molecule has 0 heterocycles. The third-order valence-electron chi connectivity index (χ3n) is 2.89. The minimum Gasteiger partial charge on any atom is -0.497 e. The molecule has 0 radical (unpaired) electrons. The van der Waals surface area contributed by atoms with Gasteiger partial charge in [0.25, 0.3) is 0 Å². The standard InChI is InChI=1S/C14H18O3/c1-10(14(2,3)13(15)17-5)11-6-8-12(16-4)9-7-11/h6-9H,1H2,2-5H3. The lowest BCUT2D eigenvalue weighted by Crippen LogP contribution is -2.26. The molecule has 0 spiro atoms. The first-order chi connectivity index (χ1) is 7.93. The highest BCUT2D eigenvalue weighted by Gasteiger charge is 2.32. The smallest absolute Gasteiger partial charge is 0.315 e. The molecule has 0 bridgehead atoms. The van der Waals surface area contributed by atoms with E-state index < -0.39 is 5.41 Å². The first kappa shape index (κ1) is 13.3. The van der Waals surface area contributed by atoms with Crippen LogP contribution in [-0.2, 0) is 9.53 Å². The van der Waals surface area contributed by atoms with Crippen LogP contribution < -0.4 is 4.74 Å². The van der Waals surface area contributed by atoms with Crippen molar-refractivity contribution in [2.24, 2.45) is 5.41 Å². The molecule has 0 N–H and O–H groups in total. The molecule has 0 atom stereocenters. The van der Waals surface area contributed by atoms with Crippen molar-refractivity contribution in [1.29, 1.82) is 0 Å². The Morgan fingerprint density at radius 1 is 1.18 bits per heavy atom. The van der Waals surface area contributed by atoms with Gasteiger partial charge in [0.2, 0.25) is 0 Å². The first-order valence-corrected chi connectivity index (χ1v) is 5.35. The Hall–Kier alpha value is -1.77. The van der Waals surface area contributed by atoms with Gasteiger partial charge in [0.1, 0.15) is 5.75 Å². The van der Waals surface area contributed by atoms with E-state index in [1.807, 2.05) is 24.3 Å². The van der Waals surface area contributed by atoms with Gasteiger partial charge in [-0.3, -0.25) is 4.79 Å². The van der Waals surface area contributed by atoms with Gasteiger partial charge in [-0.25, -0.2) is 0 Å². The zero-order chi connectivity index (χ0) is 13.1. The quantitative estimate of drug-likeness (QED) is 0.751. The fraction of sp³-hybridized carbons (Fsp3) is 0.357. The van der Waals surface area contributed by atoms with Crippen molar-refractivity contribution >= 4 is 11.5 Å². The Balaban J connectivity index is 2.99. The van der Waals surface area contributed by atoms with E-state index in [4.69, 9.17) is 9.47 Å². The third kappa shape index (κ3) is 2.67. The summed E-state index contributed by atoms with van der Waals surface area (Å²) in [5, 5.41) is 0. The van der Waals surface area contributed by atoms with Gasteiger partial charge in [0.05, 0.1) is 19.6 Å². The topological polar surface area (TPSA) is 35.5 Å². The summed E-state index contributed by atoms with van der Waals surface area (Å²) in [6, 6.07) is 7.44. The van der Waals surface area contributed by atoms with Crippen molar-refractivity contribution in [3.63, 3.8) is 0 Å². The van der Waals surface area contributed by atoms with Crippen LogP contribution in [0.3, 0.4) is 0 Å². The van der Waals surface area contributed by atoms with Gasteiger partial charge in [-0.2, -0.15) is 0 Å². The maximum Gasteiger partial charge on any atom is 0.315 e. The molecule has 0 saturated carbocycles. The number of ether oxygens (including phenoxy) is 2. The van der Waals surface area contributed by atoms with Crippen LogP contribution >= 0.6 is 0 Å². The summed E-state index contributed by atoms with van der Waals surface area (Å²) in [7, 11) is 2.99. The van der Waals surface area contributed by atoms with Crippen LogP contribution in [0.15, 0.2) is 30.8 Å². The van der Waals surface area contributed by atoms with Crippen molar-refractivity contribution < 1.29 is 14.3 Å². The Labute approximate surface area is 102 Å². The van der Waals surface area contributed by atoms with Gasteiger partial charge in [0.15, 0.2) is 0 Å². The minimum absolute atomic E-state index is 0.293. The summed E-state index contributed by atoms with van der Waals surface area (Å²) in [4.78, 5) is 11.7. The fourth-order valence-electron chi connectivity index (χ4n) is 1.53. The molecule has 0 amide bonds. The lowest BCUT2D eigenvalue weighted by Gasteiger charge is -2.24. The first-order valence-electron chi connectivity index (χ1n) is 5.35. The molecule has 0 fully saturated rings. The van der Waals surface area contributed by atoms with Gasteiger partial charge in [0, 0.05) is 0 Å². The number of benzene rings is 1. The second kappa shape index (κ2) is 5.04. The van der Waals surface area contributed by atoms with Crippen LogP contribution in [0.4, 0.5) is 0 Å². The number of rotatable bonds is 4. The average Bonchev–Trinajstić information content (AvgIpc) is 2.36. The van der Waals surface area contributed by atoms with Crippen molar-refractivity contribution in [1.82, 2.24) is 0 Å². The van der Waals surface area contributed by atoms with Crippen LogP contribution in [-0.4, -0.2) is 20.2 Å². The molecule has 0 aliphatic rings. The molecule has 1 aromatic rings. The largest absolute Gasteiger partial charge is 0.497 e. The number of hydrogen-bond acceptors (Lipinski definition) is 3. The summed E-state index contributed by atoms with van der Waals surface area (Å²) in [5.74, 6) is 0.482. The molecule has 17 heavy (non-hydrogen) atoms. The highest BCUT2D eigenvalue weighted by Crippen LogP contribution is 2.34. The van der Waals surface area contributed by atoms with E-state index in [0.717, 1.165) is 16.9 Å². The lowest BCUT2D eigenvalue weighted by atomic mass is 9.81. The summed E-state index contributed by atoms with van der Waals surface area (Å²) in [6.07, 6.45) is 0. The number of methoxy groups -OCH3 is 2. The van der Waals surface area contributed by atoms with Crippen LogP contribution in [0.25, 0.3) is 5.57 Å². The van der Waals surface area contributed by atoms with Crippen molar-refractivity contribution in [2.45, 2.75) is 13.8 Å².